The summed E-state index contributed by atoms with van der Waals surface area (Å²) in [5.74, 6) is -1.21. The van der Waals surface area contributed by atoms with Gasteiger partial charge in [-0.1, -0.05) is 6.92 Å². The molecular formula is C8H14N2O4S. The molecular weight excluding hydrogens is 220 g/mol. The third-order valence-corrected chi connectivity index (χ3v) is 4.20. The zero-order valence-corrected chi connectivity index (χ0v) is 9.65. The minimum Gasteiger partial charge on any atom is -0.480 e. The largest absolute Gasteiger partial charge is 0.480 e. The Morgan fingerprint density at radius 2 is 2.07 bits per heavy atom. The molecule has 86 valence electrons. The number of likely N-dealkylation sites (N-methyl/N-ethyl adjacent to an activating group) is 1. The Morgan fingerprint density at radius 1 is 1.60 bits per heavy atom. The van der Waals surface area contributed by atoms with E-state index in [0.717, 1.165) is 4.31 Å². The monoisotopic (exact) mass is 234 g/mol. The molecule has 2 unspecified atom stereocenters. The summed E-state index contributed by atoms with van der Waals surface area (Å²) in [5.41, 5.74) is 0. The Labute approximate surface area is 89.2 Å². The summed E-state index contributed by atoms with van der Waals surface area (Å²) in [6.45, 7) is 2.79. The van der Waals surface area contributed by atoms with E-state index < -0.39 is 27.3 Å². The van der Waals surface area contributed by atoms with Crippen LogP contribution in [0.15, 0.2) is 0 Å². The zero-order chi connectivity index (χ0) is 12.2. The first-order chi connectivity index (χ1) is 6.78. The van der Waals surface area contributed by atoms with Crippen molar-refractivity contribution < 1.29 is 18.3 Å². The smallest absolute Gasteiger partial charge is 0.321 e. The average Bonchev–Trinajstić information content (AvgIpc) is 2.16. The molecule has 0 aliphatic carbocycles. The number of hydrogen-bond donors (Lipinski definition) is 1. The van der Waals surface area contributed by atoms with Gasteiger partial charge in [0, 0.05) is 7.05 Å². The Hall–Kier alpha value is -1.13. The number of nitriles is 1. The lowest BCUT2D eigenvalue weighted by Gasteiger charge is -2.23. The van der Waals surface area contributed by atoms with Crippen molar-refractivity contribution >= 4 is 16.0 Å². The lowest BCUT2D eigenvalue weighted by molar-refractivity contribution is -0.141. The first-order valence-corrected chi connectivity index (χ1v) is 5.88. The van der Waals surface area contributed by atoms with E-state index in [1.807, 2.05) is 0 Å². The summed E-state index contributed by atoms with van der Waals surface area (Å²) in [6, 6.07) is 0.462. The van der Waals surface area contributed by atoms with E-state index in [1.54, 1.807) is 13.0 Å². The Bertz CT molecular complexity index is 371. The SMILES string of the molecule is CCC(C(=O)O)N(C)S(=O)(=O)C(C)C#N. The van der Waals surface area contributed by atoms with Gasteiger partial charge in [0.1, 0.15) is 6.04 Å². The van der Waals surface area contributed by atoms with Gasteiger partial charge in [0.15, 0.2) is 5.25 Å². The number of rotatable bonds is 5. The van der Waals surface area contributed by atoms with Crippen molar-refractivity contribution in [3.05, 3.63) is 0 Å². The third kappa shape index (κ3) is 2.91. The van der Waals surface area contributed by atoms with E-state index in [1.165, 1.54) is 14.0 Å². The number of hydrogen-bond acceptors (Lipinski definition) is 4. The predicted octanol–water partition coefficient (Wildman–Crippen LogP) is 0.0233. The molecule has 0 amide bonds. The highest BCUT2D eigenvalue weighted by atomic mass is 32.2. The lowest BCUT2D eigenvalue weighted by atomic mass is 10.2. The molecule has 0 aromatic heterocycles. The molecule has 0 bridgehead atoms. The van der Waals surface area contributed by atoms with Gasteiger partial charge in [-0.25, -0.2) is 8.42 Å². The van der Waals surface area contributed by atoms with Crippen molar-refractivity contribution in [2.75, 3.05) is 7.05 Å². The second-order valence-electron chi connectivity index (χ2n) is 3.09. The molecule has 0 heterocycles. The van der Waals surface area contributed by atoms with Crippen molar-refractivity contribution in [2.45, 2.75) is 31.6 Å². The van der Waals surface area contributed by atoms with Gasteiger partial charge in [0.25, 0.3) is 0 Å². The fraction of sp³-hybridized carbons (Fsp3) is 0.750. The summed E-state index contributed by atoms with van der Waals surface area (Å²) in [5, 5.41) is 16.0. The fourth-order valence-corrected chi connectivity index (χ4v) is 2.31. The van der Waals surface area contributed by atoms with Crippen molar-refractivity contribution in [2.24, 2.45) is 0 Å². The molecule has 0 spiro atoms. The maximum Gasteiger partial charge on any atom is 0.321 e. The van der Waals surface area contributed by atoms with Crippen LogP contribution in [0.25, 0.3) is 0 Å². The van der Waals surface area contributed by atoms with Crippen LogP contribution in [0.3, 0.4) is 0 Å². The van der Waals surface area contributed by atoms with E-state index in [9.17, 15) is 13.2 Å². The molecule has 7 heteroatoms. The molecule has 2 atom stereocenters. The van der Waals surface area contributed by atoms with Gasteiger partial charge >= 0.3 is 5.97 Å². The van der Waals surface area contributed by atoms with Crippen LogP contribution in [-0.2, 0) is 14.8 Å². The molecule has 1 N–H and O–H groups in total. The number of carboxylic acid groups (broad SMARTS) is 1. The van der Waals surface area contributed by atoms with E-state index >= 15 is 0 Å². The highest BCUT2D eigenvalue weighted by Crippen LogP contribution is 2.12. The molecule has 0 aliphatic heterocycles. The van der Waals surface area contributed by atoms with Crippen LogP contribution < -0.4 is 0 Å². The Balaban J connectivity index is 5.09. The van der Waals surface area contributed by atoms with Crippen LogP contribution in [0, 0.1) is 11.3 Å². The van der Waals surface area contributed by atoms with Crippen molar-refractivity contribution in [3.63, 3.8) is 0 Å². The van der Waals surface area contributed by atoms with Gasteiger partial charge in [0.05, 0.1) is 6.07 Å². The second-order valence-corrected chi connectivity index (χ2v) is 5.41. The Kier molecular flexibility index (Phi) is 4.71. The quantitative estimate of drug-likeness (QED) is 0.723. The van der Waals surface area contributed by atoms with Gasteiger partial charge in [0.2, 0.25) is 10.0 Å². The highest BCUT2D eigenvalue weighted by Gasteiger charge is 2.34. The topological polar surface area (TPSA) is 98.5 Å². The number of carbonyl (C=O) groups is 1. The van der Waals surface area contributed by atoms with E-state index in [-0.39, 0.29) is 6.42 Å². The van der Waals surface area contributed by atoms with E-state index in [4.69, 9.17) is 10.4 Å². The molecule has 0 aromatic carbocycles. The summed E-state index contributed by atoms with van der Waals surface area (Å²) in [7, 11) is -2.68. The predicted molar refractivity (Wildman–Crippen MR) is 53.5 cm³/mol. The van der Waals surface area contributed by atoms with Crippen LogP contribution in [-0.4, -0.2) is 42.1 Å². The molecule has 0 radical (unpaired) electrons. The molecule has 0 saturated carbocycles. The van der Waals surface area contributed by atoms with Crippen LogP contribution in [0.4, 0.5) is 0 Å². The lowest BCUT2D eigenvalue weighted by Crippen LogP contribution is -2.45. The van der Waals surface area contributed by atoms with Gasteiger partial charge in [-0.05, 0) is 13.3 Å². The van der Waals surface area contributed by atoms with Crippen LogP contribution in [0.2, 0.25) is 0 Å². The van der Waals surface area contributed by atoms with Gasteiger partial charge in [-0.15, -0.1) is 0 Å². The number of aliphatic carboxylic acids is 1. The average molecular weight is 234 g/mol. The zero-order valence-electron chi connectivity index (χ0n) is 8.84. The summed E-state index contributed by atoms with van der Waals surface area (Å²) in [6.07, 6.45) is 0.156. The molecule has 6 nitrogen and oxygen atoms in total. The van der Waals surface area contributed by atoms with E-state index in [0.29, 0.717) is 0 Å². The minimum absolute atomic E-state index is 0.156. The number of sulfonamides is 1. The van der Waals surface area contributed by atoms with Crippen molar-refractivity contribution in [1.82, 2.24) is 4.31 Å². The number of nitrogens with zero attached hydrogens (tertiary/aromatic N) is 2. The summed E-state index contributed by atoms with van der Waals surface area (Å²) >= 11 is 0. The maximum absolute atomic E-state index is 11.6. The second kappa shape index (κ2) is 5.09. The molecule has 0 fully saturated rings. The Morgan fingerprint density at radius 3 is 2.33 bits per heavy atom. The van der Waals surface area contributed by atoms with Crippen LogP contribution >= 0.6 is 0 Å². The first kappa shape index (κ1) is 13.9. The highest BCUT2D eigenvalue weighted by molar-refractivity contribution is 7.90. The maximum atomic E-state index is 11.6. The summed E-state index contributed by atoms with van der Waals surface area (Å²) < 4.78 is 24.0. The fourth-order valence-electron chi connectivity index (χ4n) is 1.08. The van der Waals surface area contributed by atoms with Crippen LogP contribution in [0.5, 0.6) is 0 Å². The minimum atomic E-state index is -3.85. The van der Waals surface area contributed by atoms with Crippen molar-refractivity contribution in [1.29, 1.82) is 5.26 Å². The molecule has 0 saturated heterocycles. The first-order valence-electron chi connectivity index (χ1n) is 4.38. The van der Waals surface area contributed by atoms with Crippen molar-refractivity contribution in [3.8, 4) is 6.07 Å². The van der Waals surface area contributed by atoms with Gasteiger partial charge in [-0.3, -0.25) is 4.79 Å². The summed E-state index contributed by atoms with van der Waals surface area (Å²) in [4.78, 5) is 10.7. The molecule has 0 aliphatic rings. The third-order valence-electron chi connectivity index (χ3n) is 2.14. The standard InChI is InChI=1S/C8H14N2O4S/c1-4-7(8(11)12)10(3)15(13,14)6(2)5-9/h6-7H,4H2,1-3H3,(H,11,12). The molecule has 0 aromatic rings. The van der Waals surface area contributed by atoms with E-state index in [2.05, 4.69) is 0 Å². The van der Waals surface area contributed by atoms with Gasteiger partial charge in [-0.2, -0.15) is 9.57 Å². The van der Waals surface area contributed by atoms with Crippen LogP contribution in [0.1, 0.15) is 20.3 Å². The normalized spacial score (nSPS) is 15.7. The molecule has 0 rings (SSSR count). The number of carboxylic acids is 1. The molecule has 15 heavy (non-hydrogen) atoms. The van der Waals surface area contributed by atoms with Gasteiger partial charge < -0.3 is 5.11 Å².